The van der Waals surface area contributed by atoms with E-state index in [1.165, 1.54) is 25.7 Å². The Morgan fingerprint density at radius 2 is 1.62 bits per heavy atom. The molecule has 0 aromatic rings. The minimum Gasteiger partial charge on any atom is -0.344 e. The molecule has 0 aromatic heterocycles. The first-order valence-electron chi connectivity index (χ1n) is 3.00. The van der Waals surface area contributed by atoms with Gasteiger partial charge in [-0.15, -0.1) is 0 Å². The Hall–Kier alpha value is -0.0800. The number of hydrogen-bond donors (Lipinski definition) is 2. The Morgan fingerprint density at radius 1 is 1.25 bits per heavy atom. The van der Waals surface area contributed by atoms with Crippen molar-refractivity contribution in [2.75, 3.05) is 0 Å². The molecule has 1 saturated carbocycles. The molecule has 0 saturated heterocycles. The number of nitrogens with two attached hydrogens (primary N) is 1. The molecule has 0 spiro atoms. The second-order valence-corrected chi connectivity index (χ2v) is 2.86. The van der Waals surface area contributed by atoms with Crippen LogP contribution in [0.4, 0.5) is 0 Å². The third kappa shape index (κ3) is 1.80. The van der Waals surface area contributed by atoms with Crippen LogP contribution in [0.2, 0.25) is 0 Å². The van der Waals surface area contributed by atoms with Crippen LogP contribution in [0.3, 0.4) is 0 Å². The van der Waals surface area contributed by atoms with Gasteiger partial charge in [0.2, 0.25) is 0 Å². The lowest BCUT2D eigenvalue weighted by Gasteiger charge is -2.14. The first-order chi connectivity index (χ1) is 3.21. The molecule has 0 amide bonds. The van der Waals surface area contributed by atoms with E-state index < -0.39 is 0 Å². The quantitative estimate of drug-likeness (QED) is 0.503. The van der Waals surface area contributed by atoms with Crippen molar-refractivity contribution in [3.05, 3.63) is 0 Å². The molecule has 1 aliphatic carbocycles. The van der Waals surface area contributed by atoms with E-state index in [2.05, 4.69) is 6.92 Å². The van der Waals surface area contributed by atoms with Gasteiger partial charge in [0, 0.05) is 5.54 Å². The van der Waals surface area contributed by atoms with Crippen LogP contribution in [-0.4, -0.2) is 5.54 Å². The van der Waals surface area contributed by atoms with Crippen molar-refractivity contribution in [2.45, 2.75) is 38.1 Å². The molecule has 2 heteroatoms. The molecule has 1 fully saturated rings. The molecule has 0 unspecified atom stereocenters. The summed E-state index contributed by atoms with van der Waals surface area (Å²) in [5.41, 5.74) is 5.97. The van der Waals surface area contributed by atoms with E-state index in [-0.39, 0.29) is 11.7 Å². The summed E-state index contributed by atoms with van der Waals surface area (Å²) >= 11 is 0. The van der Waals surface area contributed by atoms with Gasteiger partial charge in [-0.1, -0.05) is 12.8 Å². The van der Waals surface area contributed by atoms with Crippen LogP contribution in [0.15, 0.2) is 0 Å². The van der Waals surface area contributed by atoms with Gasteiger partial charge in [0.25, 0.3) is 0 Å². The van der Waals surface area contributed by atoms with Gasteiger partial charge < -0.3 is 11.9 Å². The first-order valence-corrected chi connectivity index (χ1v) is 3.00. The van der Waals surface area contributed by atoms with Gasteiger partial charge in [0.15, 0.2) is 0 Å². The molecule has 5 N–H and O–H groups in total. The Morgan fingerprint density at radius 3 is 1.75 bits per heavy atom. The SMILES string of the molecule is CC1(N)CCCC1.N. The lowest BCUT2D eigenvalue weighted by Crippen LogP contribution is -2.31. The molecular weight excluding hydrogens is 100 g/mol. The van der Waals surface area contributed by atoms with Gasteiger partial charge in [0.1, 0.15) is 0 Å². The summed E-state index contributed by atoms with van der Waals surface area (Å²) in [6, 6.07) is 0. The van der Waals surface area contributed by atoms with E-state index in [1.54, 1.807) is 0 Å². The van der Waals surface area contributed by atoms with Gasteiger partial charge in [-0.05, 0) is 19.8 Å². The molecule has 2 nitrogen and oxygen atoms in total. The zero-order chi connectivity index (χ0) is 5.33. The van der Waals surface area contributed by atoms with Crippen molar-refractivity contribution < 1.29 is 0 Å². The molecule has 0 bridgehead atoms. The normalized spacial score (nSPS) is 24.8. The predicted molar refractivity (Wildman–Crippen MR) is 36.1 cm³/mol. The summed E-state index contributed by atoms with van der Waals surface area (Å²) < 4.78 is 0. The maximum Gasteiger partial charge on any atom is 0.0125 e. The van der Waals surface area contributed by atoms with E-state index in [0.717, 1.165) is 0 Å². The Bertz CT molecular complexity index is 60.9. The van der Waals surface area contributed by atoms with Gasteiger partial charge >= 0.3 is 0 Å². The highest BCUT2D eigenvalue weighted by Crippen LogP contribution is 2.25. The van der Waals surface area contributed by atoms with E-state index >= 15 is 0 Å². The van der Waals surface area contributed by atoms with Crippen LogP contribution in [0.1, 0.15) is 32.6 Å². The molecule has 0 aromatic carbocycles. The summed E-state index contributed by atoms with van der Waals surface area (Å²) in [5, 5.41) is 0. The molecule has 0 heterocycles. The highest BCUT2D eigenvalue weighted by Gasteiger charge is 2.22. The second kappa shape index (κ2) is 2.46. The average molecular weight is 116 g/mol. The maximum atomic E-state index is 5.78. The highest BCUT2D eigenvalue weighted by atomic mass is 14.7. The molecule has 1 rings (SSSR count). The second-order valence-electron chi connectivity index (χ2n) is 2.86. The lowest BCUT2D eigenvalue weighted by atomic mass is 10.0. The Labute approximate surface area is 51.0 Å². The van der Waals surface area contributed by atoms with Crippen LogP contribution in [0.5, 0.6) is 0 Å². The van der Waals surface area contributed by atoms with Crippen LogP contribution in [-0.2, 0) is 0 Å². The molecule has 50 valence electrons. The fraction of sp³-hybridized carbons (Fsp3) is 1.00. The zero-order valence-electron chi connectivity index (χ0n) is 5.61. The number of rotatable bonds is 0. The average Bonchev–Trinajstić information content (AvgIpc) is 1.84. The van der Waals surface area contributed by atoms with Crippen LogP contribution in [0.25, 0.3) is 0 Å². The molecule has 0 aliphatic heterocycles. The van der Waals surface area contributed by atoms with Crippen molar-refractivity contribution in [3.63, 3.8) is 0 Å². The minimum atomic E-state index is 0. The molecule has 1 aliphatic rings. The molecule has 0 atom stereocenters. The summed E-state index contributed by atoms with van der Waals surface area (Å²) in [5.74, 6) is 0. The van der Waals surface area contributed by atoms with Crippen LogP contribution in [0, 0.1) is 0 Å². The summed E-state index contributed by atoms with van der Waals surface area (Å²) in [4.78, 5) is 0. The topological polar surface area (TPSA) is 61.0 Å². The van der Waals surface area contributed by atoms with Crippen molar-refractivity contribution in [1.29, 1.82) is 0 Å². The first kappa shape index (κ1) is 7.92. The highest BCUT2D eigenvalue weighted by molar-refractivity contribution is 4.83. The fourth-order valence-corrected chi connectivity index (χ4v) is 1.18. The van der Waals surface area contributed by atoms with E-state index in [0.29, 0.717) is 0 Å². The van der Waals surface area contributed by atoms with Gasteiger partial charge in [-0.2, -0.15) is 0 Å². The van der Waals surface area contributed by atoms with E-state index in [4.69, 9.17) is 5.73 Å². The van der Waals surface area contributed by atoms with Crippen molar-refractivity contribution >= 4 is 0 Å². The van der Waals surface area contributed by atoms with Crippen LogP contribution >= 0.6 is 0 Å². The Balaban J connectivity index is 0.000000490. The minimum absolute atomic E-state index is 0. The lowest BCUT2D eigenvalue weighted by molar-refractivity contribution is 0.487. The largest absolute Gasteiger partial charge is 0.344 e. The van der Waals surface area contributed by atoms with Gasteiger partial charge in [0.05, 0.1) is 0 Å². The van der Waals surface area contributed by atoms with Gasteiger partial charge in [-0.25, -0.2) is 0 Å². The molecular formula is C6H16N2. The maximum absolute atomic E-state index is 5.78. The molecule has 0 radical (unpaired) electrons. The third-order valence-electron chi connectivity index (χ3n) is 1.75. The van der Waals surface area contributed by atoms with E-state index in [1.807, 2.05) is 0 Å². The zero-order valence-corrected chi connectivity index (χ0v) is 5.61. The third-order valence-corrected chi connectivity index (χ3v) is 1.75. The summed E-state index contributed by atoms with van der Waals surface area (Å²) in [6.45, 7) is 2.14. The molecule has 8 heavy (non-hydrogen) atoms. The number of hydrogen-bond acceptors (Lipinski definition) is 2. The predicted octanol–water partition coefficient (Wildman–Crippen LogP) is 1.44. The fourth-order valence-electron chi connectivity index (χ4n) is 1.18. The van der Waals surface area contributed by atoms with E-state index in [9.17, 15) is 0 Å². The van der Waals surface area contributed by atoms with Gasteiger partial charge in [-0.3, -0.25) is 0 Å². The standard InChI is InChI=1S/C6H13N.H3N/c1-6(7)4-2-3-5-6;/h2-5,7H2,1H3;1H3. The van der Waals surface area contributed by atoms with Crippen molar-refractivity contribution in [3.8, 4) is 0 Å². The van der Waals surface area contributed by atoms with Crippen molar-refractivity contribution in [1.82, 2.24) is 6.15 Å². The van der Waals surface area contributed by atoms with Crippen LogP contribution < -0.4 is 11.9 Å². The smallest absolute Gasteiger partial charge is 0.0125 e. The monoisotopic (exact) mass is 116 g/mol. The van der Waals surface area contributed by atoms with Crippen molar-refractivity contribution in [2.24, 2.45) is 5.73 Å². The Kier molecular flexibility index (Phi) is 2.44. The summed E-state index contributed by atoms with van der Waals surface area (Å²) in [7, 11) is 0. The summed E-state index contributed by atoms with van der Waals surface area (Å²) in [6.07, 6.45) is 5.14.